The van der Waals surface area contributed by atoms with Crippen LogP contribution in [-0.4, -0.2) is 36.9 Å². The van der Waals surface area contributed by atoms with E-state index in [1.165, 1.54) is 10.4 Å². The summed E-state index contributed by atoms with van der Waals surface area (Å²) in [6.07, 6.45) is 5.55. The van der Waals surface area contributed by atoms with Gasteiger partial charge in [0.25, 0.3) is 0 Å². The standard InChI is InChI=1S/C23H28N2O2S/c1-24-22(27)23(12-4-13-25(16-23)21(26)19-5-2-6-19)15-17-8-10-18(11-9-17)20-7-3-14-28-20/h3,7-11,14,19H,2,4-6,12-13,15-16H2,1H3,(H,24,27)/t23-/m0/s1. The molecule has 1 N–H and O–H groups in total. The smallest absolute Gasteiger partial charge is 0.228 e. The first-order valence-corrected chi connectivity index (χ1v) is 11.1. The van der Waals surface area contributed by atoms with Crippen molar-refractivity contribution < 1.29 is 9.59 Å². The molecule has 0 bridgehead atoms. The second-order valence-electron chi connectivity index (χ2n) is 8.20. The van der Waals surface area contributed by atoms with E-state index in [2.05, 4.69) is 47.1 Å². The first-order valence-electron chi connectivity index (χ1n) is 10.3. The zero-order chi connectivity index (χ0) is 19.6. The number of amides is 2. The number of piperidine rings is 1. The van der Waals surface area contributed by atoms with Gasteiger partial charge in [-0.05, 0) is 54.7 Å². The maximum atomic E-state index is 12.9. The highest BCUT2D eigenvalue weighted by molar-refractivity contribution is 7.13. The lowest BCUT2D eigenvalue weighted by atomic mass is 9.73. The number of likely N-dealkylation sites (tertiary alicyclic amines) is 1. The van der Waals surface area contributed by atoms with E-state index in [1.54, 1.807) is 18.4 Å². The van der Waals surface area contributed by atoms with Crippen molar-refractivity contribution in [2.45, 2.75) is 38.5 Å². The fraction of sp³-hybridized carbons (Fsp3) is 0.478. The molecule has 5 heteroatoms. The predicted molar refractivity (Wildman–Crippen MR) is 113 cm³/mol. The Balaban J connectivity index is 1.53. The molecule has 1 aromatic carbocycles. The van der Waals surface area contributed by atoms with Crippen LogP contribution in [0.1, 0.15) is 37.7 Å². The van der Waals surface area contributed by atoms with E-state index in [0.29, 0.717) is 13.0 Å². The lowest BCUT2D eigenvalue weighted by Gasteiger charge is -2.43. The Morgan fingerprint density at radius 1 is 1.18 bits per heavy atom. The summed E-state index contributed by atoms with van der Waals surface area (Å²) in [5.74, 6) is 0.499. The SMILES string of the molecule is CNC(=O)[C@]1(Cc2ccc(-c3cccs3)cc2)CCCN(C(=O)C2CCC2)C1. The van der Waals surface area contributed by atoms with Crippen LogP contribution in [0, 0.1) is 11.3 Å². The van der Waals surface area contributed by atoms with Crippen LogP contribution in [0.4, 0.5) is 0 Å². The minimum Gasteiger partial charge on any atom is -0.359 e. The molecule has 1 aliphatic heterocycles. The normalized spacial score (nSPS) is 22.5. The summed E-state index contributed by atoms with van der Waals surface area (Å²) >= 11 is 1.73. The largest absolute Gasteiger partial charge is 0.359 e. The summed E-state index contributed by atoms with van der Waals surface area (Å²) in [5.41, 5.74) is 1.83. The summed E-state index contributed by atoms with van der Waals surface area (Å²) in [5, 5.41) is 4.95. The van der Waals surface area contributed by atoms with Crippen LogP contribution in [0.15, 0.2) is 41.8 Å². The van der Waals surface area contributed by atoms with Crippen molar-refractivity contribution in [1.82, 2.24) is 10.2 Å². The molecule has 1 atom stereocenters. The minimum absolute atomic E-state index is 0.0564. The van der Waals surface area contributed by atoms with Crippen LogP contribution in [0.5, 0.6) is 0 Å². The summed E-state index contributed by atoms with van der Waals surface area (Å²) in [7, 11) is 1.71. The Labute approximate surface area is 170 Å². The minimum atomic E-state index is -0.531. The van der Waals surface area contributed by atoms with E-state index in [9.17, 15) is 9.59 Å². The fourth-order valence-corrected chi connectivity index (χ4v) is 5.26. The van der Waals surface area contributed by atoms with Gasteiger partial charge in [0.2, 0.25) is 11.8 Å². The second-order valence-corrected chi connectivity index (χ2v) is 9.15. The van der Waals surface area contributed by atoms with Crippen LogP contribution < -0.4 is 5.32 Å². The summed E-state index contributed by atoms with van der Waals surface area (Å²) in [6.45, 7) is 1.32. The third-order valence-electron chi connectivity index (χ3n) is 6.35. The average Bonchev–Trinajstić information content (AvgIpc) is 3.21. The summed E-state index contributed by atoms with van der Waals surface area (Å²) in [4.78, 5) is 28.9. The Morgan fingerprint density at radius 3 is 2.57 bits per heavy atom. The zero-order valence-corrected chi connectivity index (χ0v) is 17.3. The van der Waals surface area contributed by atoms with E-state index in [4.69, 9.17) is 0 Å². The Hall–Kier alpha value is -2.14. The van der Waals surface area contributed by atoms with Gasteiger partial charge >= 0.3 is 0 Å². The van der Waals surface area contributed by atoms with Gasteiger partial charge in [0, 0.05) is 30.9 Å². The third-order valence-corrected chi connectivity index (χ3v) is 7.27. The van der Waals surface area contributed by atoms with Gasteiger partial charge in [-0.3, -0.25) is 9.59 Å². The zero-order valence-electron chi connectivity index (χ0n) is 16.4. The molecule has 1 saturated carbocycles. The molecule has 28 heavy (non-hydrogen) atoms. The molecule has 0 spiro atoms. The molecular weight excluding hydrogens is 368 g/mol. The first kappa shape index (κ1) is 19.2. The van der Waals surface area contributed by atoms with E-state index in [1.807, 2.05) is 4.90 Å². The number of hydrogen-bond acceptors (Lipinski definition) is 3. The highest BCUT2D eigenvalue weighted by Crippen LogP contribution is 2.37. The fourth-order valence-electron chi connectivity index (χ4n) is 4.53. The molecule has 1 aliphatic carbocycles. The third kappa shape index (κ3) is 3.72. The Morgan fingerprint density at radius 2 is 1.96 bits per heavy atom. The highest BCUT2D eigenvalue weighted by Gasteiger charge is 2.44. The molecule has 0 radical (unpaired) electrons. The molecule has 148 valence electrons. The van der Waals surface area contributed by atoms with Crippen LogP contribution in [0.25, 0.3) is 10.4 Å². The molecule has 0 unspecified atom stereocenters. The topological polar surface area (TPSA) is 49.4 Å². The van der Waals surface area contributed by atoms with Crippen molar-refractivity contribution in [3.05, 3.63) is 47.3 Å². The molecular formula is C23H28N2O2S. The number of carbonyl (C=O) groups is 2. The van der Waals surface area contributed by atoms with Crippen molar-refractivity contribution in [2.75, 3.05) is 20.1 Å². The quantitative estimate of drug-likeness (QED) is 0.827. The molecule has 1 saturated heterocycles. The molecule has 2 amide bonds. The maximum Gasteiger partial charge on any atom is 0.228 e. The molecule has 2 aliphatic rings. The number of thiophene rings is 1. The van der Waals surface area contributed by atoms with Crippen molar-refractivity contribution in [2.24, 2.45) is 11.3 Å². The Kier molecular flexibility index (Phi) is 5.54. The van der Waals surface area contributed by atoms with Crippen molar-refractivity contribution in [1.29, 1.82) is 0 Å². The highest BCUT2D eigenvalue weighted by atomic mass is 32.1. The van der Waals surface area contributed by atoms with Crippen LogP contribution in [0.2, 0.25) is 0 Å². The number of rotatable bonds is 5. The molecule has 1 aromatic heterocycles. The lowest BCUT2D eigenvalue weighted by molar-refractivity contribution is -0.146. The molecule has 4 nitrogen and oxygen atoms in total. The van der Waals surface area contributed by atoms with Gasteiger partial charge < -0.3 is 10.2 Å². The number of carbonyl (C=O) groups excluding carboxylic acids is 2. The number of benzene rings is 1. The molecule has 2 aromatic rings. The van der Waals surface area contributed by atoms with Gasteiger partial charge in [0.1, 0.15) is 0 Å². The van der Waals surface area contributed by atoms with E-state index < -0.39 is 5.41 Å². The van der Waals surface area contributed by atoms with E-state index >= 15 is 0 Å². The van der Waals surface area contributed by atoms with Gasteiger partial charge in [0.15, 0.2) is 0 Å². The van der Waals surface area contributed by atoms with Crippen LogP contribution in [-0.2, 0) is 16.0 Å². The van der Waals surface area contributed by atoms with E-state index in [-0.39, 0.29) is 17.7 Å². The van der Waals surface area contributed by atoms with Crippen molar-refractivity contribution >= 4 is 23.2 Å². The number of nitrogens with one attached hydrogen (secondary N) is 1. The van der Waals surface area contributed by atoms with Crippen molar-refractivity contribution in [3.8, 4) is 10.4 Å². The van der Waals surface area contributed by atoms with Crippen molar-refractivity contribution in [3.63, 3.8) is 0 Å². The number of nitrogens with zero attached hydrogens (tertiary/aromatic N) is 1. The monoisotopic (exact) mass is 396 g/mol. The van der Waals surface area contributed by atoms with Gasteiger partial charge in [-0.15, -0.1) is 11.3 Å². The van der Waals surface area contributed by atoms with E-state index in [0.717, 1.165) is 44.2 Å². The summed E-state index contributed by atoms with van der Waals surface area (Å²) < 4.78 is 0. The molecule has 2 fully saturated rings. The van der Waals surface area contributed by atoms with Gasteiger partial charge in [0.05, 0.1) is 5.41 Å². The Bertz CT molecular complexity index is 827. The van der Waals surface area contributed by atoms with Crippen LogP contribution in [0.3, 0.4) is 0 Å². The summed E-state index contributed by atoms with van der Waals surface area (Å²) in [6, 6.07) is 12.7. The second kappa shape index (κ2) is 8.08. The van der Waals surface area contributed by atoms with Gasteiger partial charge in [-0.25, -0.2) is 0 Å². The molecule has 4 rings (SSSR count). The number of hydrogen-bond donors (Lipinski definition) is 1. The lowest BCUT2D eigenvalue weighted by Crippen LogP contribution is -2.55. The molecule has 2 heterocycles. The maximum absolute atomic E-state index is 12.9. The van der Waals surface area contributed by atoms with Gasteiger partial charge in [-0.1, -0.05) is 36.8 Å². The van der Waals surface area contributed by atoms with Gasteiger partial charge in [-0.2, -0.15) is 0 Å². The van der Waals surface area contributed by atoms with Crippen LogP contribution >= 0.6 is 11.3 Å². The average molecular weight is 397 g/mol. The predicted octanol–water partition coefficient (Wildman–Crippen LogP) is 4.11. The first-order chi connectivity index (χ1) is 13.6.